The van der Waals surface area contributed by atoms with Gasteiger partial charge >= 0.3 is 0 Å². The van der Waals surface area contributed by atoms with Crippen molar-refractivity contribution >= 4 is 21.8 Å². The van der Waals surface area contributed by atoms with E-state index in [9.17, 15) is 4.79 Å². The number of carbonyl (C=O) groups is 1. The molecule has 138 valence electrons. The van der Waals surface area contributed by atoms with Crippen LogP contribution in [0.15, 0.2) is 53.0 Å². The van der Waals surface area contributed by atoms with Crippen LogP contribution in [0.2, 0.25) is 0 Å². The molecule has 2 aromatic carbocycles. The Balaban J connectivity index is 1.42. The summed E-state index contributed by atoms with van der Waals surface area (Å²) < 4.78 is 6.79. The molecule has 1 aliphatic rings. The largest absolute Gasteiger partial charge is 0.457 e. The molecule has 1 aliphatic heterocycles. The number of hydrogen-bond donors (Lipinski definition) is 1. The SMILES string of the molecule is O=C(NCCCN1CCCCC1)c1ccc(Oc2ccc(Br)cc2)cc1. The Hall–Kier alpha value is -1.85. The molecular weight excluding hydrogens is 392 g/mol. The Bertz CT molecular complexity index is 695. The second-order valence-electron chi connectivity index (χ2n) is 6.59. The number of nitrogens with zero attached hydrogens (tertiary/aromatic N) is 1. The summed E-state index contributed by atoms with van der Waals surface area (Å²) in [4.78, 5) is 14.7. The van der Waals surface area contributed by atoms with Crippen LogP contribution >= 0.6 is 15.9 Å². The third kappa shape index (κ3) is 5.85. The minimum atomic E-state index is -0.0289. The van der Waals surface area contributed by atoms with Crippen LogP contribution in [-0.2, 0) is 0 Å². The maximum atomic E-state index is 12.2. The van der Waals surface area contributed by atoms with Gasteiger partial charge in [0.2, 0.25) is 0 Å². The fourth-order valence-electron chi connectivity index (χ4n) is 3.10. The van der Waals surface area contributed by atoms with Crippen LogP contribution < -0.4 is 10.1 Å². The first kappa shape index (κ1) is 18.9. The summed E-state index contributed by atoms with van der Waals surface area (Å²) in [7, 11) is 0. The van der Waals surface area contributed by atoms with Gasteiger partial charge in [-0.1, -0.05) is 22.4 Å². The smallest absolute Gasteiger partial charge is 0.251 e. The molecule has 1 amide bonds. The van der Waals surface area contributed by atoms with Crippen LogP contribution in [0.3, 0.4) is 0 Å². The molecule has 0 aliphatic carbocycles. The van der Waals surface area contributed by atoms with Crippen molar-refractivity contribution in [1.82, 2.24) is 10.2 Å². The molecule has 0 spiro atoms. The lowest BCUT2D eigenvalue weighted by Crippen LogP contribution is -2.33. The zero-order valence-electron chi connectivity index (χ0n) is 14.9. The van der Waals surface area contributed by atoms with Crippen molar-refractivity contribution in [2.45, 2.75) is 25.7 Å². The highest BCUT2D eigenvalue weighted by atomic mass is 79.9. The van der Waals surface area contributed by atoms with Gasteiger partial charge in [-0.3, -0.25) is 4.79 Å². The van der Waals surface area contributed by atoms with E-state index in [1.165, 1.54) is 32.4 Å². The third-order valence-corrected chi connectivity index (χ3v) is 5.08. The maximum Gasteiger partial charge on any atom is 0.251 e. The number of piperidine rings is 1. The minimum Gasteiger partial charge on any atom is -0.457 e. The first-order valence-corrected chi connectivity index (χ1v) is 10.0. The van der Waals surface area contributed by atoms with Crippen LogP contribution in [0.1, 0.15) is 36.0 Å². The van der Waals surface area contributed by atoms with Crippen molar-refractivity contribution < 1.29 is 9.53 Å². The molecule has 0 radical (unpaired) electrons. The lowest BCUT2D eigenvalue weighted by molar-refractivity contribution is 0.0951. The van der Waals surface area contributed by atoms with E-state index in [4.69, 9.17) is 4.74 Å². The summed E-state index contributed by atoms with van der Waals surface area (Å²) in [5.74, 6) is 1.45. The molecule has 1 saturated heterocycles. The minimum absolute atomic E-state index is 0.0289. The highest BCUT2D eigenvalue weighted by Gasteiger charge is 2.10. The number of halogens is 1. The lowest BCUT2D eigenvalue weighted by Gasteiger charge is -2.26. The highest BCUT2D eigenvalue weighted by Crippen LogP contribution is 2.23. The second-order valence-corrected chi connectivity index (χ2v) is 7.51. The van der Waals surface area contributed by atoms with E-state index in [0.29, 0.717) is 17.9 Å². The maximum absolute atomic E-state index is 12.2. The number of carbonyl (C=O) groups excluding carboxylic acids is 1. The molecular formula is C21H25BrN2O2. The van der Waals surface area contributed by atoms with Gasteiger partial charge in [-0.25, -0.2) is 0 Å². The van der Waals surface area contributed by atoms with Crippen molar-refractivity contribution in [2.24, 2.45) is 0 Å². The van der Waals surface area contributed by atoms with Crippen molar-refractivity contribution in [2.75, 3.05) is 26.2 Å². The lowest BCUT2D eigenvalue weighted by atomic mass is 10.1. The molecule has 5 heteroatoms. The van der Waals surface area contributed by atoms with Gasteiger partial charge < -0.3 is 15.0 Å². The average Bonchev–Trinajstić information content (AvgIpc) is 2.68. The van der Waals surface area contributed by atoms with Crippen molar-refractivity contribution in [3.63, 3.8) is 0 Å². The van der Waals surface area contributed by atoms with E-state index in [2.05, 4.69) is 26.1 Å². The van der Waals surface area contributed by atoms with Crippen LogP contribution in [0, 0.1) is 0 Å². The first-order valence-electron chi connectivity index (χ1n) is 9.25. The summed E-state index contributed by atoms with van der Waals surface area (Å²) in [5.41, 5.74) is 0.658. The van der Waals surface area contributed by atoms with Gasteiger partial charge in [-0.2, -0.15) is 0 Å². The first-order chi connectivity index (χ1) is 12.7. The third-order valence-electron chi connectivity index (χ3n) is 4.55. The molecule has 1 heterocycles. The van der Waals surface area contributed by atoms with Crippen LogP contribution in [0.5, 0.6) is 11.5 Å². The van der Waals surface area contributed by atoms with Crippen molar-refractivity contribution in [3.05, 3.63) is 58.6 Å². The van der Waals surface area contributed by atoms with Gasteiger partial charge in [0.1, 0.15) is 11.5 Å². The zero-order chi connectivity index (χ0) is 18.2. The van der Waals surface area contributed by atoms with Crippen LogP contribution in [-0.4, -0.2) is 37.0 Å². The second kappa shape index (κ2) is 9.74. The Labute approximate surface area is 163 Å². The molecule has 0 saturated carbocycles. The van der Waals surface area contributed by atoms with E-state index in [1.807, 2.05) is 36.4 Å². The van der Waals surface area contributed by atoms with E-state index >= 15 is 0 Å². The molecule has 1 N–H and O–H groups in total. The zero-order valence-corrected chi connectivity index (χ0v) is 16.5. The summed E-state index contributed by atoms with van der Waals surface area (Å²) in [6.07, 6.45) is 4.97. The van der Waals surface area contributed by atoms with Crippen molar-refractivity contribution in [1.29, 1.82) is 0 Å². The summed E-state index contributed by atoms with van der Waals surface area (Å²) in [5, 5.41) is 3.00. The van der Waals surface area contributed by atoms with E-state index in [0.717, 1.165) is 23.2 Å². The van der Waals surface area contributed by atoms with Crippen LogP contribution in [0.25, 0.3) is 0 Å². The predicted octanol–water partition coefficient (Wildman–Crippen LogP) is 4.85. The van der Waals surface area contributed by atoms with E-state index < -0.39 is 0 Å². The topological polar surface area (TPSA) is 41.6 Å². The predicted molar refractivity (Wildman–Crippen MR) is 108 cm³/mol. The molecule has 2 aromatic rings. The molecule has 1 fully saturated rings. The van der Waals surface area contributed by atoms with Gasteiger partial charge in [0, 0.05) is 16.6 Å². The molecule has 0 unspecified atom stereocenters. The number of likely N-dealkylation sites (tertiary alicyclic amines) is 1. The standard InChI is InChI=1S/C21H25BrN2O2/c22-18-7-11-20(12-8-18)26-19-9-5-17(6-10-19)21(25)23-13-4-16-24-14-2-1-3-15-24/h5-12H,1-4,13-16H2,(H,23,25). The Kier molecular flexibility index (Phi) is 7.09. The molecule has 4 nitrogen and oxygen atoms in total. The number of nitrogens with one attached hydrogen (secondary N) is 1. The van der Waals surface area contributed by atoms with Gasteiger partial charge in [-0.05, 0) is 87.4 Å². The average molecular weight is 417 g/mol. The molecule has 0 aromatic heterocycles. The van der Waals surface area contributed by atoms with Gasteiger partial charge in [0.15, 0.2) is 0 Å². The van der Waals surface area contributed by atoms with Gasteiger partial charge in [0.25, 0.3) is 5.91 Å². The van der Waals surface area contributed by atoms with E-state index in [-0.39, 0.29) is 5.91 Å². The fourth-order valence-corrected chi connectivity index (χ4v) is 3.37. The highest BCUT2D eigenvalue weighted by molar-refractivity contribution is 9.10. The number of benzene rings is 2. The summed E-state index contributed by atoms with van der Waals surface area (Å²) >= 11 is 3.40. The number of amides is 1. The molecule has 0 atom stereocenters. The van der Waals surface area contributed by atoms with Crippen LogP contribution in [0.4, 0.5) is 0 Å². The fraction of sp³-hybridized carbons (Fsp3) is 0.381. The monoisotopic (exact) mass is 416 g/mol. The Morgan fingerprint density at radius 1 is 0.962 bits per heavy atom. The Morgan fingerprint density at radius 2 is 1.58 bits per heavy atom. The normalized spacial score (nSPS) is 14.8. The molecule has 0 bridgehead atoms. The number of rotatable bonds is 7. The summed E-state index contributed by atoms with van der Waals surface area (Å²) in [6.45, 7) is 4.19. The van der Waals surface area contributed by atoms with Gasteiger partial charge in [-0.15, -0.1) is 0 Å². The number of hydrogen-bond acceptors (Lipinski definition) is 3. The molecule has 3 rings (SSSR count). The molecule has 26 heavy (non-hydrogen) atoms. The number of ether oxygens (including phenoxy) is 1. The van der Waals surface area contributed by atoms with Gasteiger partial charge in [0.05, 0.1) is 0 Å². The van der Waals surface area contributed by atoms with E-state index in [1.54, 1.807) is 12.1 Å². The summed E-state index contributed by atoms with van der Waals surface area (Å²) in [6, 6.07) is 14.9. The quantitative estimate of drug-likeness (QED) is 0.655. The Morgan fingerprint density at radius 3 is 2.23 bits per heavy atom. The van der Waals surface area contributed by atoms with Crippen molar-refractivity contribution in [3.8, 4) is 11.5 Å².